The Morgan fingerprint density at radius 1 is 1.15 bits per heavy atom. The van der Waals surface area contributed by atoms with Gasteiger partial charge in [-0.2, -0.15) is 0 Å². The second kappa shape index (κ2) is 9.39. The molecule has 10 nitrogen and oxygen atoms in total. The van der Waals surface area contributed by atoms with Crippen molar-refractivity contribution in [2.45, 2.75) is 58.1 Å². The number of primary amides is 1. The Balaban J connectivity index is 2.09. The zero-order valence-electron chi connectivity index (χ0n) is 24.0. The molecule has 1 saturated carbocycles. The van der Waals surface area contributed by atoms with Crippen molar-refractivity contribution in [3.05, 3.63) is 39.7 Å². The van der Waals surface area contributed by atoms with Crippen LogP contribution < -0.4 is 10.6 Å². The maximum absolute atomic E-state index is 14.4. The molecule has 0 radical (unpaired) electrons. The van der Waals surface area contributed by atoms with Gasteiger partial charge in [-0.3, -0.25) is 19.3 Å². The topological polar surface area (TPSA) is 165 Å². The standard InChI is InChI=1S/C30H37N3O7/c1-8-9-10-11-15-12-17(32(4)5)16-13-28(2)14-29(3)24(33(6)7)23(36)19(27(31)39)25(37)30(29,40)26(38)20(28)22(35)18(16)21(15)34/h12,24,34-35,37,40H,8-9,13-14H2,1-7H3,(H2,31,39)/t24-,28+,29+,30-/m1/s1. The Morgan fingerprint density at radius 3 is 2.30 bits per heavy atom. The zero-order chi connectivity index (χ0) is 30.1. The van der Waals surface area contributed by atoms with E-state index in [9.17, 15) is 34.8 Å². The number of Topliss-reactive ketones (excluding diaryl/α,β-unsaturated/α-hetero) is 2. The molecule has 1 amide bonds. The number of ketones is 2. The summed E-state index contributed by atoms with van der Waals surface area (Å²) in [7, 11) is 6.78. The number of carbonyl (C=O) groups is 3. The lowest BCUT2D eigenvalue weighted by Gasteiger charge is -2.59. The number of amides is 1. The lowest BCUT2D eigenvalue weighted by Crippen LogP contribution is -2.72. The van der Waals surface area contributed by atoms with E-state index in [1.54, 1.807) is 27.1 Å². The number of carbonyl (C=O) groups excluding carboxylic acids is 3. The van der Waals surface area contributed by atoms with Crippen LogP contribution in [0.4, 0.5) is 5.69 Å². The third kappa shape index (κ3) is 3.68. The first-order valence-corrected chi connectivity index (χ1v) is 13.2. The highest BCUT2D eigenvalue weighted by atomic mass is 16.3. The highest BCUT2D eigenvalue weighted by Gasteiger charge is 2.72. The SMILES string of the molecule is CCCC#Cc1cc(N(C)C)c2c(c1O)C(O)=C1C(=O)[C@]3(O)C(O)=C(C(N)=O)C(=O)[C@@H](N(C)C)[C@]3(C)C[C@]1(C)C2. The van der Waals surface area contributed by atoms with Gasteiger partial charge in [0.25, 0.3) is 5.91 Å². The van der Waals surface area contributed by atoms with E-state index in [-0.39, 0.29) is 35.3 Å². The van der Waals surface area contributed by atoms with Gasteiger partial charge < -0.3 is 31.1 Å². The van der Waals surface area contributed by atoms with E-state index in [2.05, 4.69) is 11.8 Å². The predicted octanol–water partition coefficient (Wildman–Crippen LogP) is 1.96. The molecule has 6 N–H and O–H groups in total. The number of nitrogens with zero attached hydrogens (tertiary/aromatic N) is 2. The van der Waals surface area contributed by atoms with Gasteiger partial charge in [0.1, 0.15) is 22.8 Å². The molecule has 0 saturated heterocycles. The fourth-order valence-corrected chi connectivity index (χ4v) is 7.15. The number of aliphatic hydroxyl groups is 3. The van der Waals surface area contributed by atoms with Crippen LogP contribution in [0.1, 0.15) is 56.7 Å². The van der Waals surface area contributed by atoms with Crippen molar-refractivity contribution >= 4 is 28.9 Å². The molecule has 1 aromatic rings. The molecule has 0 bridgehead atoms. The molecule has 214 valence electrons. The molecule has 3 aliphatic carbocycles. The number of rotatable bonds is 4. The minimum absolute atomic E-state index is 0.0228. The Labute approximate surface area is 233 Å². The summed E-state index contributed by atoms with van der Waals surface area (Å²) in [6.45, 7) is 5.24. The molecule has 10 heteroatoms. The van der Waals surface area contributed by atoms with Crippen molar-refractivity contribution < 1.29 is 34.8 Å². The van der Waals surface area contributed by atoms with Gasteiger partial charge in [0.05, 0.1) is 17.2 Å². The predicted molar refractivity (Wildman–Crippen MR) is 150 cm³/mol. The molecule has 4 rings (SSSR count). The van der Waals surface area contributed by atoms with E-state index in [4.69, 9.17) is 5.73 Å². The molecule has 0 unspecified atom stereocenters. The van der Waals surface area contributed by atoms with E-state index in [0.717, 1.165) is 6.42 Å². The number of phenolic OH excluding ortho intramolecular Hbond substituents is 1. The zero-order valence-corrected chi connectivity index (χ0v) is 24.0. The Kier molecular flexibility index (Phi) is 6.85. The minimum atomic E-state index is -2.75. The highest BCUT2D eigenvalue weighted by molar-refractivity contribution is 6.25. The van der Waals surface area contributed by atoms with Crippen LogP contribution in [0.5, 0.6) is 5.75 Å². The lowest BCUT2D eigenvalue weighted by atomic mass is 9.46. The highest BCUT2D eigenvalue weighted by Crippen LogP contribution is 2.63. The summed E-state index contributed by atoms with van der Waals surface area (Å²) in [4.78, 5) is 43.4. The van der Waals surface area contributed by atoms with Crippen LogP contribution in [0.2, 0.25) is 0 Å². The molecule has 0 spiro atoms. The van der Waals surface area contributed by atoms with Crippen molar-refractivity contribution in [1.82, 2.24) is 4.90 Å². The molecule has 0 aliphatic heterocycles. The van der Waals surface area contributed by atoms with Crippen molar-refractivity contribution in [3.8, 4) is 17.6 Å². The van der Waals surface area contributed by atoms with Crippen LogP contribution in [-0.4, -0.2) is 82.6 Å². The number of fused-ring (bicyclic) bond motifs is 3. The second-order valence-electron chi connectivity index (χ2n) is 12.0. The van der Waals surface area contributed by atoms with Gasteiger partial charge in [-0.25, -0.2) is 0 Å². The van der Waals surface area contributed by atoms with Gasteiger partial charge >= 0.3 is 0 Å². The van der Waals surface area contributed by atoms with Crippen LogP contribution in [0.3, 0.4) is 0 Å². The summed E-state index contributed by atoms with van der Waals surface area (Å²) in [6, 6.07) is 0.543. The van der Waals surface area contributed by atoms with E-state index < -0.39 is 57.0 Å². The summed E-state index contributed by atoms with van der Waals surface area (Å²) >= 11 is 0. The molecular formula is C30H37N3O7. The number of benzene rings is 1. The van der Waals surface area contributed by atoms with Crippen LogP contribution in [-0.2, 0) is 20.8 Å². The summed E-state index contributed by atoms with van der Waals surface area (Å²) in [6.07, 6.45) is 1.56. The van der Waals surface area contributed by atoms with Gasteiger partial charge in [-0.05, 0) is 45.0 Å². The molecule has 0 aromatic heterocycles. The number of unbranched alkanes of at least 4 members (excludes halogenated alkanes) is 1. The number of aromatic hydroxyl groups is 1. The number of nitrogens with two attached hydrogens (primary N) is 1. The average molecular weight is 552 g/mol. The average Bonchev–Trinajstić information content (AvgIpc) is 2.82. The molecule has 40 heavy (non-hydrogen) atoms. The Morgan fingerprint density at radius 2 is 1.77 bits per heavy atom. The van der Waals surface area contributed by atoms with Gasteiger partial charge in [-0.1, -0.05) is 32.6 Å². The monoisotopic (exact) mass is 551 g/mol. The molecule has 1 fully saturated rings. The summed E-state index contributed by atoms with van der Waals surface area (Å²) in [5.41, 5.74) is 0.437. The minimum Gasteiger partial charge on any atom is -0.508 e. The first-order valence-electron chi connectivity index (χ1n) is 13.2. The summed E-state index contributed by atoms with van der Waals surface area (Å²) < 4.78 is 0. The quantitative estimate of drug-likeness (QED) is 0.278. The van der Waals surface area contributed by atoms with Crippen molar-refractivity contribution in [1.29, 1.82) is 0 Å². The lowest BCUT2D eigenvalue weighted by molar-refractivity contribution is -0.175. The van der Waals surface area contributed by atoms with Crippen LogP contribution in [0, 0.1) is 22.7 Å². The second-order valence-corrected chi connectivity index (χ2v) is 12.0. The number of anilines is 1. The van der Waals surface area contributed by atoms with E-state index >= 15 is 0 Å². The maximum atomic E-state index is 14.4. The van der Waals surface area contributed by atoms with E-state index in [1.165, 1.54) is 11.8 Å². The molecule has 0 heterocycles. The molecule has 4 atom stereocenters. The van der Waals surface area contributed by atoms with E-state index in [1.807, 2.05) is 25.9 Å². The largest absolute Gasteiger partial charge is 0.508 e. The summed E-state index contributed by atoms with van der Waals surface area (Å²) in [5.74, 6) is 0.830. The number of likely N-dealkylation sites (N-methyl/N-ethyl adjacent to an activating group) is 1. The molecule has 1 aromatic carbocycles. The van der Waals surface area contributed by atoms with Gasteiger partial charge in [-0.15, -0.1) is 0 Å². The van der Waals surface area contributed by atoms with E-state index in [0.29, 0.717) is 17.7 Å². The number of hydrogen-bond acceptors (Lipinski definition) is 9. The summed E-state index contributed by atoms with van der Waals surface area (Å²) in [5, 5.41) is 46.3. The third-order valence-corrected chi connectivity index (χ3v) is 8.69. The van der Waals surface area contributed by atoms with Gasteiger partial charge in [0, 0.05) is 42.6 Å². The van der Waals surface area contributed by atoms with Gasteiger partial charge in [0.2, 0.25) is 5.78 Å². The fraction of sp³-hybridized carbons (Fsp3) is 0.500. The van der Waals surface area contributed by atoms with Crippen molar-refractivity contribution in [2.75, 3.05) is 33.1 Å². The van der Waals surface area contributed by atoms with Crippen molar-refractivity contribution in [3.63, 3.8) is 0 Å². The maximum Gasteiger partial charge on any atom is 0.255 e. The van der Waals surface area contributed by atoms with Crippen LogP contribution in [0.25, 0.3) is 5.76 Å². The Bertz CT molecular complexity index is 1480. The molecule has 3 aliphatic rings. The van der Waals surface area contributed by atoms with Crippen LogP contribution in [0.15, 0.2) is 23.0 Å². The molecular weight excluding hydrogens is 514 g/mol. The Hall–Kier alpha value is -3.81. The fourth-order valence-electron chi connectivity index (χ4n) is 7.15. The smallest absolute Gasteiger partial charge is 0.255 e. The van der Waals surface area contributed by atoms with Crippen molar-refractivity contribution in [2.24, 2.45) is 16.6 Å². The number of hydrogen-bond donors (Lipinski definition) is 5. The first kappa shape index (κ1) is 29.2. The number of aliphatic hydroxyl groups excluding tert-OH is 2. The number of phenols is 1. The third-order valence-electron chi connectivity index (χ3n) is 8.69. The van der Waals surface area contributed by atoms with Gasteiger partial charge in [0.15, 0.2) is 11.4 Å². The van der Waals surface area contributed by atoms with Crippen LogP contribution >= 0.6 is 0 Å². The normalized spacial score (nSPS) is 29.5. The first-order chi connectivity index (χ1) is 18.5.